The van der Waals surface area contributed by atoms with Crippen molar-refractivity contribution in [2.24, 2.45) is 0 Å². The number of nitrogens with zero attached hydrogens (tertiary/aromatic N) is 2. The van der Waals surface area contributed by atoms with Crippen LogP contribution in [0.15, 0.2) is 17.2 Å². The quantitative estimate of drug-likeness (QED) is 0.641. The zero-order valence-corrected chi connectivity index (χ0v) is 9.59. The molecule has 0 radical (unpaired) electrons. The summed E-state index contributed by atoms with van der Waals surface area (Å²) in [7, 11) is 1.64. The fourth-order valence-electron chi connectivity index (χ4n) is 1.64. The van der Waals surface area contributed by atoms with Crippen molar-refractivity contribution in [2.75, 3.05) is 26.9 Å². The zero-order chi connectivity index (χ0) is 11.4. The lowest BCUT2D eigenvalue weighted by molar-refractivity contribution is 0.0662. The molecule has 0 amide bonds. The van der Waals surface area contributed by atoms with E-state index in [0.29, 0.717) is 32.4 Å². The van der Waals surface area contributed by atoms with Gasteiger partial charge in [-0.25, -0.2) is 4.79 Å². The average Bonchev–Trinajstić information content (AvgIpc) is 3.05. The molecular weight excluding hydrogens is 208 g/mol. The fourth-order valence-corrected chi connectivity index (χ4v) is 1.64. The van der Waals surface area contributed by atoms with Gasteiger partial charge in [-0.3, -0.25) is 9.13 Å². The summed E-state index contributed by atoms with van der Waals surface area (Å²) in [4.78, 5) is 11.8. The molecule has 0 aliphatic heterocycles. The summed E-state index contributed by atoms with van der Waals surface area (Å²) in [6.07, 6.45) is 5.97. The Morgan fingerprint density at radius 3 is 2.81 bits per heavy atom. The maximum Gasteiger partial charge on any atom is 0.328 e. The molecule has 1 aliphatic carbocycles. The van der Waals surface area contributed by atoms with Crippen molar-refractivity contribution in [3.05, 3.63) is 22.9 Å². The van der Waals surface area contributed by atoms with E-state index in [1.54, 1.807) is 11.7 Å². The van der Waals surface area contributed by atoms with Gasteiger partial charge in [0.25, 0.3) is 0 Å². The molecule has 0 saturated heterocycles. The predicted molar refractivity (Wildman–Crippen MR) is 59.7 cm³/mol. The molecule has 16 heavy (non-hydrogen) atoms. The maximum atomic E-state index is 11.8. The van der Waals surface area contributed by atoms with Crippen molar-refractivity contribution >= 4 is 0 Å². The van der Waals surface area contributed by atoms with Crippen LogP contribution in [0.4, 0.5) is 0 Å². The molecule has 1 aromatic rings. The van der Waals surface area contributed by atoms with Crippen LogP contribution in [0.3, 0.4) is 0 Å². The van der Waals surface area contributed by atoms with Crippen LogP contribution in [0.2, 0.25) is 0 Å². The van der Waals surface area contributed by atoms with Crippen LogP contribution in [0.1, 0.15) is 18.9 Å². The molecule has 5 heteroatoms. The molecule has 0 N–H and O–H groups in total. The van der Waals surface area contributed by atoms with E-state index in [2.05, 4.69) is 0 Å². The monoisotopic (exact) mass is 226 g/mol. The third kappa shape index (κ3) is 2.74. The van der Waals surface area contributed by atoms with Crippen LogP contribution >= 0.6 is 0 Å². The normalized spacial score (nSPS) is 15.6. The molecule has 1 fully saturated rings. The molecule has 0 aromatic carbocycles. The molecule has 1 heterocycles. The summed E-state index contributed by atoms with van der Waals surface area (Å²) in [6.45, 7) is 2.34. The first kappa shape index (κ1) is 11.4. The molecular formula is C11H18N2O3. The summed E-state index contributed by atoms with van der Waals surface area (Å²) in [5, 5.41) is 0. The van der Waals surface area contributed by atoms with Crippen LogP contribution in [0.5, 0.6) is 0 Å². The Bertz CT molecular complexity index is 379. The van der Waals surface area contributed by atoms with Crippen LogP contribution in [-0.2, 0) is 16.0 Å². The van der Waals surface area contributed by atoms with E-state index in [1.807, 2.05) is 17.0 Å². The van der Waals surface area contributed by atoms with E-state index >= 15 is 0 Å². The summed E-state index contributed by atoms with van der Waals surface area (Å²) in [5.74, 6) is 0. The molecule has 0 atom stereocenters. The molecule has 0 spiro atoms. The maximum absolute atomic E-state index is 11.8. The Kier molecular flexibility index (Phi) is 3.79. The van der Waals surface area contributed by atoms with E-state index in [9.17, 15) is 4.79 Å². The van der Waals surface area contributed by atoms with Crippen molar-refractivity contribution in [1.82, 2.24) is 9.13 Å². The smallest absolute Gasteiger partial charge is 0.328 e. The Labute approximate surface area is 94.6 Å². The summed E-state index contributed by atoms with van der Waals surface area (Å²) >= 11 is 0. The molecule has 2 rings (SSSR count). The number of aromatic nitrogens is 2. The van der Waals surface area contributed by atoms with Crippen LogP contribution in [0.25, 0.3) is 0 Å². The minimum atomic E-state index is 0.0813. The molecule has 1 aliphatic rings. The first-order valence-corrected chi connectivity index (χ1v) is 5.67. The van der Waals surface area contributed by atoms with Gasteiger partial charge in [-0.1, -0.05) is 0 Å². The summed E-state index contributed by atoms with van der Waals surface area (Å²) in [5.41, 5.74) is 0.0813. The fraction of sp³-hybridized carbons (Fsp3) is 0.727. The predicted octanol–water partition coefficient (Wildman–Crippen LogP) is 0.648. The number of rotatable bonds is 7. The van der Waals surface area contributed by atoms with Gasteiger partial charge in [-0.15, -0.1) is 0 Å². The minimum Gasteiger partial charge on any atom is -0.382 e. The zero-order valence-electron chi connectivity index (χ0n) is 9.59. The molecule has 90 valence electrons. The highest BCUT2D eigenvalue weighted by molar-refractivity contribution is 4.91. The third-order valence-electron chi connectivity index (χ3n) is 2.72. The van der Waals surface area contributed by atoms with Gasteiger partial charge >= 0.3 is 5.69 Å². The summed E-state index contributed by atoms with van der Waals surface area (Å²) < 4.78 is 13.7. The lowest BCUT2D eigenvalue weighted by Gasteiger charge is -2.03. The Morgan fingerprint density at radius 2 is 2.12 bits per heavy atom. The van der Waals surface area contributed by atoms with Gasteiger partial charge in [0, 0.05) is 25.5 Å². The van der Waals surface area contributed by atoms with Crippen LogP contribution in [0, 0.1) is 0 Å². The summed E-state index contributed by atoms with van der Waals surface area (Å²) in [6, 6.07) is 0.447. The second-order valence-corrected chi connectivity index (χ2v) is 4.02. The van der Waals surface area contributed by atoms with Gasteiger partial charge < -0.3 is 9.47 Å². The van der Waals surface area contributed by atoms with Crippen molar-refractivity contribution in [3.8, 4) is 0 Å². The topological polar surface area (TPSA) is 45.4 Å². The number of hydrogen-bond acceptors (Lipinski definition) is 3. The standard InChI is InChI=1S/C11H18N2O3/c1-15-8-9-16-7-6-12-4-5-13(11(12)14)10-2-3-10/h4-5,10H,2-3,6-9H2,1H3. The van der Waals surface area contributed by atoms with Gasteiger partial charge in [0.1, 0.15) is 0 Å². The third-order valence-corrected chi connectivity index (χ3v) is 2.72. The molecule has 0 unspecified atom stereocenters. The molecule has 1 saturated carbocycles. The molecule has 5 nitrogen and oxygen atoms in total. The first-order valence-electron chi connectivity index (χ1n) is 5.67. The lowest BCUT2D eigenvalue weighted by Crippen LogP contribution is -2.25. The highest BCUT2D eigenvalue weighted by Gasteiger charge is 2.25. The lowest BCUT2D eigenvalue weighted by atomic mass is 10.6. The van der Waals surface area contributed by atoms with Crippen molar-refractivity contribution in [1.29, 1.82) is 0 Å². The van der Waals surface area contributed by atoms with E-state index in [-0.39, 0.29) is 5.69 Å². The van der Waals surface area contributed by atoms with Crippen LogP contribution < -0.4 is 5.69 Å². The largest absolute Gasteiger partial charge is 0.382 e. The average molecular weight is 226 g/mol. The molecule has 1 aromatic heterocycles. The van der Waals surface area contributed by atoms with Crippen molar-refractivity contribution in [2.45, 2.75) is 25.4 Å². The first-order chi connectivity index (χ1) is 7.83. The van der Waals surface area contributed by atoms with Crippen LogP contribution in [-0.4, -0.2) is 36.1 Å². The van der Waals surface area contributed by atoms with Gasteiger partial charge in [0.2, 0.25) is 0 Å². The second-order valence-electron chi connectivity index (χ2n) is 4.02. The highest BCUT2D eigenvalue weighted by atomic mass is 16.5. The highest BCUT2D eigenvalue weighted by Crippen LogP contribution is 2.33. The van der Waals surface area contributed by atoms with Gasteiger partial charge in [-0.2, -0.15) is 0 Å². The molecule has 0 bridgehead atoms. The number of methoxy groups -OCH3 is 1. The van der Waals surface area contributed by atoms with E-state index in [0.717, 1.165) is 12.8 Å². The van der Waals surface area contributed by atoms with E-state index in [4.69, 9.17) is 9.47 Å². The number of imidazole rings is 1. The minimum absolute atomic E-state index is 0.0813. The van der Waals surface area contributed by atoms with E-state index < -0.39 is 0 Å². The number of ether oxygens (including phenoxy) is 2. The van der Waals surface area contributed by atoms with Gasteiger partial charge in [0.15, 0.2) is 0 Å². The second kappa shape index (κ2) is 5.32. The SMILES string of the molecule is COCCOCCn1ccn(C2CC2)c1=O. The van der Waals surface area contributed by atoms with Gasteiger partial charge in [0.05, 0.1) is 26.4 Å². The van der Waals surface area contributed by atoms with Gasteiger partial charge in [-0.05, 0) is 12.8 Å². The Balaban J connectivity index is 1.78. The number of hydrogen-bond donors (Lipinski definition) is 0. The van der Waals surface area contributed by atoms with E-state index in [1.165, 1.54) is 0 Å². The van der Waals surface area contributed by atoms with Crippen molar-refractivity contribution in [3.63, 3.8) is 0 Å². The Morgan fingerprint density at radius 1 is 1.31 bits per heavy atom. The van der Waals surface area contributed by atoms with Crippen molar-refractivity contribution < 1.29 is 9.47 Å². The Hall–Kier alpha value is -1.07.